The Hall–Kier alpha value is -2.11. The van der Waals surface area contributed by atoms with Crippen molar-refractivity contribution >= 4 is 18.4 Å². The highest BCUT2D eigenvalue weighted by atomic mass is 35.5. The highest BCUT2D eigenvalue weighted by Crippen LogP contribution is 2.18. The lowest BCUT2D eigenvalue weighted by molar-refractivity contribution is 0.0694. The number of halogens is 1. The van der Waals surface area contributed by atoms with E-state index in [0.29, 0.717) is 6.54 Å². The summed E-state index contributed by atoms with van der Waals surface area (Å²) in [7, 11) is 0. The molecule has 1 aromatic carbocycles. The number of pyridine rings is 1. The molecule has 0 spiro atoms. The molecule has 3 rings (SSSR count). The minimum absolute atomic E-state index is 0. The Labute approximate surface area is 134 Å². The molecular formula is C16H17ClN2O3. The van der Waals surface area contributed by atoms with Crippen molar-refractivity contribution < 1.29 is 9.90 Å². The van der Waals surface area contributed by atoms with Crippen molar-refractivity contribution in [2.75, 3.05) is 6.54 Å². The van der Waals surface area contributed by atoms with Crippen LogP contribution in [-0.4, -0.2) is 27.5 Å². The molecule has 2 heterocycles. The number of benzene rings is 1. The quantitative estimate of drug-likeness (QED) is 0.908. The molecule has 5 nitrogen and oxygen atoms in total. The Bertz CT molecular complexity index is 728. The summed E-state index contributed by atoms with van der Waals surface area (Å²) in [5, 5.41) is 9.03. The summed E-state index contributed by atoms with van der Waals surface area (Å²) >= 11 is 0. The molecule has 0 amide bonds. The maximum absolute atomic E-state index is 11.7. The molecule has 6 heteroatoms. The van der Waals surface area contributed by atoms with E-state index in [4.69, 9.17) is 5.11 Å². The largest absolute Gasteiger partial charge is 0.477 e. The van der Waals surface area contributed by atoms with Gasteiger partial charge in [0.25, 0.3) is 5.56 Å². The van der Waals surface area contributed by atoms with Gasteiger partial charge >= 0.3 is 5.97 Å². The van der Waals surface area contributed by atoms with Crippen LogP contribution in [0.25, 0.3) is 0 Å². The highest BCUT2D eigenvalue weighted by molar-refractivity contribution is 5.87. The van der Waals surface area contributed by atoms with Gasteiger partial charge in [-0.1, -0.05) is 30.3 Å². The number of rotatable bonds is 3. The zero-order valence-corrected chi connectivity index (χ0v) is 12.7. The summed E-state index contributed by atoms with van der Waals surface area (Å²) in [6.07, 6.45) is 0.733. The summed E-state index contributed by atoms with van der Waals surface area (Å²) < 4.78 is 0. The molecule has 0 aliphatic carbocycles. The Balaban J connectivity index is 0.00000176. The number of carbonyl (C=O) groups is 1. The lowest BCUT2D eigenvalue weighted by Crippen LogP contribution is -2.33. The van der Waals surface area contributed by atoms with Gasteiger partial charge in [-0.05, 0) is 17.2 Å². The monoisotopic (exact) mass is 320 g/mol. The second-order valence-corrected chi connectivity index (χ2v) is 5.27. The summed E-state index contributed by atoms with van der Waals surface area (Å²) in [6.45, 7) is 2.33. The Morgan fingerprint density at radius 3 is 2.68 bits per heavy atom. The first kappa shape index (κ1) is 16.3. The third-order valence-corrected chi connectivity index (χ3v) is 3.77. The maximum atomic E-state index is 11.7. The highest BCUT2D eigenvalue weighted by Gasteiger charge is 2.20. The zero-order valence-electron chi connectivity index (χ0n) is 11.9. The topological polar surface area (TPSA) is 73.4 Å². The van der Waals surface area contributed by atoms with E-state index in [9.17, 15) is 9.59 Å². The van der Waals surface area contributed by atoms with E-state index in [0.717, 1.165) is 30.8 Å². The number of nitrogens with one attached hydrogen (secondary N) is 1. The summed E-state index contributed by atoms with van der Waals surface area (Å²) in [5.74, 6) is -1.18. The number of nitrogens with zero attached hydrogens (tertiary/aromatic N) is 1. The SMILES string of the molecule is Cl.O=C(O)c1cc2c([nH]c1=O)CCN(Cc1ccccc1)C2. The fourth-order valence-electron chi connectivity index (χ4n) is 2.70. The molecule has 0 saturated carbocycles. The lowest BCUT2D eigenvalue weighted by atomic mass is 10.0. The fourth-order valence-corrected chi connectivity index (χ4v) is 2.70. The number of carboxylic acid groups (broad SMARTS) is 1. The van der Waals surface area contributed by atoms with Crippen LogP contribution in [0.4, 0.5) is 0 Å². The second kappa shape index (κ2) is 6.77. The summed E-state index contributed by atoms with van der Waals surface area (Å²) in [4.78, 5) is 27.7. The molecular weight excluding hydrogens is 304 g/mol. The molecule has 2 aromatic rings. The normalized spacial score (nSPS) is 14.0. The van der Waals surface area contributed by atoms with Gasteiger partial charge in [-0.25, -0.2) is 4.79 Å². The molecule has 0 radical (unpaired) electrons. The second-order valence-electron chi connectivity index (χ2n) is 5.27. The molecule has 116 valence electrons. The average Bonchev–Trinajstić information content (AvgIpc) is 2.47. The minimum atomic E-state index is -1.18. The zero-order chi connectivity index (χ0) is 14.8. The van der Waals surface area contributed by atoms with E-state index >= 15 is 0 Å². The molecule has 0 bridgehead atoms. The Morgan fingerprint density at radius 1 is 1.27 bits per heavy atom. The van der Waals surface area contributed by atoms with Gasteiger partial charge < -0.3 is 10.1 Å². The smallest absolute Gasteiger partial charge is 0.341 e. The Morgan fingerprint density at radius 2 is 2.00 bits per heavy atom. The van der Waals surface area contributed by atoms with Gasteiger partial charge in [0.15, 0.2) is 0 Å². The number of carboxylic acids is 1. The average molecular weight is 321 g/mol. The molecule has 0 atom stereocenters. The predicted octanol–water partition coefficient (Wildman–Crippen LogP) is 2.05. The number of aromatic amines is 1. The molecule has 0 fully saturated rings. The number of hydrogen-bond donors (Lipinski definition) is 2. The van der Waals surface area contributed by atoms with E-state index in [1.807, 2.05) is 18.2 Å². The lowest BCUT2D eigenvalue weighted by Gasteiger charge is -2.28. The van der Waals surface area contributed by atoms with Crippen molar-refractivity contribution in [3.05, 3.63) is 69.1 Å². The van der Waals surface area contributed by atoms with E-state index in [1.165, 1.54) is 11.6 Å². The molecule has 1 aromatic heterocycles. The van der Waals surface area contributed by atoms with E-state index in [2.05, 4.69) is 22.0 Å². The van der Waals surface area contributed by atoms with Crippen LogP contribution in [0, 0.1) is 0 Å². The van der Waals surface area contributed by atoms with Crippen LogP contribution in [-0.2, 0) is 19.5 Å². The number of hydrogen-bond acceptors (Lipinski definition) is 3. The molecule has 1 aliphatic heterocycles. The number of aromatic nitrogens is 1. The van der Waals surface area contributed by atoms with E-state index in [1.54, 1.807) is 0 Å². The molecule has 2 N–H and O–H groups in total. The first-order valence-corrected chi connectivity index (χ1v) is 6.88. The van der Waals surface area contributed by atoms with Gasteiger partial charge in [0.05, 0.1) is 0 Å². The van der Waals surface area contributed by atoms with Gasteiger partial charge in [0.2, 0.25) is 0 Å². The van der Waals surface area contributed by atoms with E-state index < -0.39 is 11.5 Å². The van der Waals surface area contributed by atoms with Crippen molar-refractivity contribution in [1.82, 2.24) is 9.88 Å². The fraction of sp³-hybridized carbons (Fsp3) is 0.250. The molecule has 1 aliphatic rings. The Kier molecular flexibility index (Phi) is 5.00. The van der Waals surface area contributed by atoms with Crippen LogP contribution in [0.2, 0.25) is 0 Å². The third-order valence-electron chi connectivity index (χ3n) is 3.77. The minimum Gasteiger partial charge on any atom is -0.477 e. The van der Waals surface area contributed by atoms with Crippen molar-refractivity contribution in [2.45, 2.75) is 19.5 Å². The van der Waals surface area contributed by atoms with Crippen LogP contribution in [0.5, 0.6) is 0 Å². The molecule has 0 saturated heterocycles. The van der Waals surface area contributed by atoms with Crippen molar-refractivity contribution in [1.29, 1.82) is 0 Å². The third kappa shape index (κ3) is 3.37. The summed E-state index contributed by atoms with van der Waals surface area (Å²) in [5.41, 5.74) is 2.28. The van der Waals surface area contributed by atoms with Crippen molar-refractivity contribution in [3.8, 4) is 0 Å². The van der Waals surface area contributed by atoms with Crippen LogP contribution < -0.4 is 5.56 Å². The van der Waals surface area contributed by atoms with E-state index in [-0.39, 0.29) is 18.0 Å². The van der Waals surface area contributed by atoms with Gasteiger partial charge in [-0.2, -0.15) is 0 Å². The maximum Gasteiger partial charge on any atom is 0.341 e. The van der Waals surface area contributed by atoms with Crippen LogP contribution >= 0.6 is 12.4 Å². The summed E-state index contributed by atoms with van der Waals surface area (Å²) in [6, 6.07) is 11.7. The van der Waals surface area contributed by atoms with Crippen LogP contribution in [0.1, 0.15) is 27.2 Å². The van der Waals surface area contributed by atoms with Gasteiger partial charge in [0.1, 0.15) is 5.56 Å². The van der Waals surface area contributed by atoms with Gasteiger partial charge in [0, 0.05) is 31.7 Å². The number of aromatic carboxylic acids is 1. The first-order valence-electron chi connectivity index (χ1n) is 6.88. The van der Waals surface area contributed by atoms with Crippen molar-refractivity contribution in [3.63, 3.8) is 0 Å². The van der Waals surface area contributed by atoms with Crippen LogP contribution in [0.3, 0.4) is 0 Å². The van der Waals surface area contributed by atoms with Gasteiger partial charge in [-0.3, -0.25) is 9.69 Å². The first-order chi connectivity index (χ1) is 10.1. The molecule has 0 unspecified atom stereocenters. The standard InChI is InChI=1S/C16H16N2O3.ClH/c19-15-13(16(20)21)8-12-10-18(7-6-14(12)17-15)9-11-4-2-1-3-5-11;/h1-5,8H,6-7,9-10H2,(H,17,19)(H,20,21);1H. The van der Waals surface area contributed by atoms with Crippen molar-refractivity contribution in [2.24, 2.45) is 0 Å². The number of fused-ring (bicyclic) bond motifs is 1. The number of H-pyrrole nitrogens is 1. The van der Waals surface area contributed by atoms with Crippen LogP contribution in [0.15, 0.2) is 41.2 Å². The van der Waals surface area contributed by atoms with Gasteiger partial charge in [-0.15, -0.1) is 12.4 Å². The molecule has 22 heavy (non-hydrogen) atoms. The predicted molar refractivity (Wildman–Crippen MR) is 85.5 cm³/mol.